The molecule has 0 radical (unpaired) electrons. The summed E-state index contributed by atoms with van der Waals surface area (Å²) in [5.41, 5.74) is 5.78. The zero-order chi connectivity index (χ0) is 37.7. The molecule has 0 heterocycles. The SMILES string of the molecule is CCC.CCCCCCCCC.CCCCCCCCCOC.CCCCCCCCO.CCCCCCCN(CN)CCCCCCC.O.[HH]. The quantitative estimate of drug-likeness (QED) is 0.0521. The molecule has 0 saturated heterocycles. The molecule has 314 valence electrons. The first-order valence-electron chi connectivity index (χ1n) is 22.5. The number of ether oxygens (including phenoxy) is 1. The molecule has 0 bridgehead atoms. The second-order valence-electron chi connectivity index (χ2n) is 14.2. The number of hydrogen-bond acceptors (Lipinski definition) is 4. The van der Waals surface area contributed by atoms with Crippen molar-refractivity contribution < 1.29 is 16.7 Å². The van der Waals surface area contributed by atoms with Gasteiger partial charge in [-0.2, -0.15) is 0 Å². The number of aliphatic hydroxyl groups is 1. The van der Waals surface area contributed by atoms with Crippen molar-refractivity contribution in [2.45, 2.75) is 254 Å². The number of methoxy groups -OCH3 is 1. The zero-order valence-corrected chi connectivity index (χ0v) is 36.8. The van der Waals surface area contributed by atoms with Crippen LogP contribution in [-0.2, 0) is 4.74 Å². The Labute approximate surface area is 321 Å². The summed E-state index contributed by atoms with van der Waals surface area (Å²) in [5, 5.41) is 8.42. The molecule has 0 aliphatic rings. The topological polar surface area (TPSA) is 90.2 Å². The van der Waals surface area contributed by atoms with Crippen molar-refractivity contribution >= 4 is 0 Å². The van der Waals surface area contributed by atoms with E-state index in [-0.39, 0.29) is 6.90 Å². The van der Waals surface area contributed by atoms with Gasteiger partial charge in [-0.25, -0.2) is 0 Å². The first-order valence-corrected chi connectivity index (χ1v) is 22.5. The lowest BCUT2D eigenvalue weighted by Crippen LogP contribution is -2.31. The fourth-order valence-corrected chi connectivity index (χ4v) is 5.30. The second kappa shape index (κ2) is 70.4. The van der Waals surface area contributed by atoms with Crippen LogP contribution in [0.1, 0.15) is 256 Å². The Morgan fingerprint density at radius 1 is 0.420 bits per heavy atom. The Bertz CT molecular complexity index is 413. The Morgan fingerprint density at radius 2 is 0.660 bits per heavy atom. The highest BCUT2D eigenvalue weighted by atomic mass is 16.5. The third-order valence-corrected chi connectivity index (χ3v) is 8.58. The Balaban J connectivity index is -0.000000101. The number of hydrogen-bond donors (Lipinski definition) is 2. The molecular weight excluding hydrogens is 617 g/mol. The van der Waals surface area contributed by atoms with E-state index in [4.69, 9.17) is 15.6 Å². The normalized spacial score (nSPS) is 10.1. The minimum Gasteiger partial charge on any atom is -0.412 e. The zero-order valence-electron chi connectivity index (χ0n) is 36.8. The lowest BCUT2D eigenvalue weighted by Gasteiger charge is -2.19. The summed E-state index contributed by atoms with van der Waals surface area (Å²) < 4.78 is 4.97. The van der Waals surface area contributed by atoms with Crippen molar-refractivity contribution in [1.82, 2.24) is 4.90 Å². The smallest absolute Gasteiger partial charge is 0.0462 e. The molecule has 0 fully saturated rings. The summed E-state index contributed by atoms with van der Waals surface area (Å²) in [6.07, 6.45) is 41.9. The van der Waals surface area contributed by atoms with Crippen LogP contribution in [0.4, 0.5) is 0 Å². The highest BCUT2D eigenvalue weighted by molar-refractivity contribution is 4.56. The van der Waals surface area contributed by atoms with Gasteiger partial charge in [0.05, 0.1) is 0 Å². The predicted octanol–water partition coefficient (Wildman–Crippen LogP) is 14.5. The Hall–Kier alpha value is -0.200. The molecule has 5 N–H and O–H groups in total. The maximum absolute atomic E-state index is 8.42. The monoisotopic (exact) mass is 723 g/mol. The van der Waals surface area contributed by atoms with Crippen LogP contribution < -0.4 is 5.73 Å². The molecule has 0 aliphatic carbocycles. The van der Waals surface area contributed by atoms with Crippen LogP contribution >= 0.6 is 0 Å². The molecular formula is C45H106N2O3. The van der Waals surface area contributed by atoms with Gasteiger partial charge >= 0.3 is 0 Å². The highest BCUT2D eigenvalue weighted by Crippen LogP contribution is 2.08. The van der Waals surface area contributed by atoms with Gasteiger partial charge in [-0.1, -0.05) is 229 Å². The molecule has 0 aromatic carbocycles. The lowest BCUT2D eigenvalue weighted by molar-refractivity contribution is 0.192. The van der Waals surface area contributed by atoms with Gasteiger partial charge in [0.2, 0.25) is 0 Å². The molecule has 0 rings (SSSR count). The van der Waals surface area contributed by atoms with Crippen LogP contribution in [0, 0.1) is 0 Å². The minimum atomic E-state index is 0. The van der Waals surface area contributed by atoms with Gasteiger partial charge in [-0.05, 0) is 38.8 Å². The molecule has 0 amide bonds. The average Bonchev–Trinajstić information content (AvgIpc) is 3.11. The fourth-order valence-electron chi connectivity index (χ4n) is 5.30. The Morgan fingerprint density at radius 3 is 0.900 bits per heavy atom. The van der Waals surface area contributed by atoms with Crippen molar-refractivity contribution in [2.24, 2.45) is 5.73 Å². The maximum atomic E-state index is 8.42. The molecule has 0 aromatic rings. The highest BCUT2D eigenvalue weighted by Gasteiger charge is 2.01. The third-order valence-electron chi connectivity index (χ3n) is 8.58. The maximum Gasteiger partial charge on any atom is 0.0462 e. The average molecular weight is 723 g/mol. The molecule has 5 heteroatoms. The van der Waals surface area contributed by atoms with Crippen LogP contribution in [0.15, 0.2) is 0 Å². The van der Waals surface area contributed by atoms with Gasteiger partial charge in [0.15, 0.2) is 0 Å². The summed E-state index contributed by atoms with van der Waals surface area (Å²) in [6, 6.07) is 0. The van der Waals surface area contributed by atoms with E-state index >= 15 is 0 Å². The summed E-state index contributed by atoms with van der Waals surface area (Å²) in [4.78, 5) is 2.41. The van der Waals surface area contributed by atoms with Crippen molar-refractivity contribution in [3.63, 3.8) is 0 Å². The second-order valence-corrected chi connectivity index (χ2v) is 14.2. The Kier molecular flexibility index (Phi) is 87.0. The molecule has 0 atom stereocenters. The standard InChI is InChI=1S/C15H34N2.C10H22O.C9H20.C8H18O.C3H8.H2O.H2/c1-3-5-7-9-11-13-17(15-16)14-12-10-8-6-4-2;1-3-4-5-6-7-8-9-10-11-2;1-3-5-7-9-8-6-4-2;1-2-3-4-5-6-7-8-9;1-3-2;;/h3-16H2,1-2H3;3-10H2,1-2H3;3-9H2,1-2H3;9H,2-8H2,1H3;3H2,1-2H3;1H2;1H. The predicted molar refractivity (Wildman–Crippen MR) is 234 cm³/mol. The van der Waals surface area contributed by atoms with Gasteiger partial charge < -0.3 is 21.1 Å². The summed E-state index contributed by atoms with van der Waals surface area (Å²) in [7, 11) is 1.77. The van der Waals surface area contributed by atoms with E-state index in [1.165, 1.54) is 206 Å². The van der Waals surface area contributed by atoms with Crippen molar-refractivity contribution in [2.75, 3.05) is 40.1 Å². The number of rotatable bonds is 33. The van der Waals surface area contributed by atoms with E-state index in [1.54, 1.807) is 7.11 Å². The number of unbranched alkanes of at least 4 members (excludes halogenated alkanes) is 25. The molecule has 0 saturated carbocycles. The molecule has 0 aliphatic heterocycles. The van der Waals surface area contributed by atoms with E-state index in [0.29, 0.717) is 6.61 Å². The van der Waals surface area contributed by atoms with Gasteiger partial charge in [-0.3, -0.25) is 4.90 Å². The van der Waals surface area contributed by atoms with Crippen LogP contribution in [0.2, 0.25) is 0 Å². The molecule has 50 heavy (non-hydrogen) atoms. The van der Waals surface area contributed by atoms with Crippen molar-refractivity contribution in [3.05, 3.63) is 0 Å². The molecule has 0 unspecified atom stereocenters. The van der Waals surface area contributed by atoms with Crippen molar-refractivity contribution in [3.8, 4) is 0 Å². The van der Waals surface area contributed by atoms with E-state index < -0.39 is 0 Å². The van der Waals surface area contributed by atoms with E-state index in [2.05, 4.69) is 60.3 Å². The largest absolute Gasteiger partial charge is 0.412 e. The first kappa shape index (κ1) is 61.8. The number of nitrogens with zero attached hydrogens (tertiary/aromatic N) is 1. The van der Waals surface area contributed by atoms with Crippen molar-refractivity contribution in [1.29, 1.82) is 0 Å². The summed E-state index contributed by atoms with van der Waals surface area (Å²) in [5.74, 6) is 0. The fraction of sp³-hybridized carbons (Fsp3) is 1.00. The van der Waals surface area contributed by atoms with Crippen LogP contribution in [0.5, 0.6) is 0 Å². The summed E-state index contributed by atoms with van der Waals surface area (Å²) >= 11 is 0. The summed E-state index contributed by atoms with van der Waals surface area (Å²) in [6.45, 7) is 22.2. The minimum absolute atomic E-state index is 0. The van der Waals surface area contributed by atoms with Gasteiger partial charge in [0.1, 0.15) is 0 Å². The molecule has 0 aromatic heterocycles. The first-order chi connectivity index (χ1) is 24.0. The van der Waals surface area contributed by atoms with E-state index in [1.807, 2.05) is 0 Å². The van der Waals surface area contributed by atoms with Gasteiger partial charge in [-0.15, -0.1) is 0 Å². The molecule has 0 spiro atoms. The molecule has 5 nitrogen and oxygen atoms in total. The van der Waals surface area contributed by atoms with Gasteiger partial charge in [0.25, 0.3) is 0 Å². The third kappa shape index (κ3) is 81.7. The van der Waals surface area contributed by atoms with Gasteiger partial charge in [0, 0.05) is 28.4 Å². The van der Waals surface area contributed by atoms with Crippen LogP contribution in [0.25, 0.3) is 0 Å². The van der Waals surface area contributed by atoms with Crippen LogP contribution in [0.3, 0.4) is 0 Å². The van der Waals surface area contributed by atoms with E-state index in [9.17, 15) is 0 Å². The number of nitrogens with two attached hydrogens (primary N) is 1. The number of aliphatic hydroxyl groups excluding tert-OH is 1. The lowest BCUT2D eigenvalue weighted by atomic mass is 10.1. The van der Waals surface area contributed by atoms with Crippen LogP contribution in [-0.4, -0.2) is 55.6 Å². The van der Waals surface area contributed by atoms with E-state index in [0.717, 1.165) is 19.7 Å².